The molecule has 24 heavy (non-hydrogen) atoms. The molecule has 3 atom stereocenters. The number of rotatable bonds is 6. The van der Waals surface area contributed by atoms with Crippen LogP contribution in [0.3, 0.4) is 0 Å². The number of ether oxygens (including phenoxy) is 3. The molecule has 0 amide bonds. The summed E-state index contributed by atoms with van der Waals surface area (Å²) in [7, 11) is -2.43. The summed E-state index contributed by atoms with van der Waals surface area (Å²) in [6.45, 7) is 15.1. The van der Waals surface area contributed by atoms with Crippen molar-refractivity contribution in [3.8, 4) is 0 Å². The van der Waals surface area contributed by atoms with Crippen molar-refractivity contribution in [3.05, 3.63) is 0 Å². The van der Waals surface area contributed by atoms with Crippen molar-refractivity contribution in [2.45, 2.75) is 82.8 Å². The molecule has 1 rings (SSSR count). The number of hydrogen-bond acceptors (Lipinski definition) is 5. The van der Waals surface area contributed by atoms with Gasteiger partial charge in [0, 0.05) is 0 Å². The summed E-state index contributed by atoms with van der Waals surface area (Å²) in [6, 6.07) is 0. The van der Waals surface area contributed by atoms with E-state index in [2.05, 4.69) is 0 Å². The Bertz CT molecular complexity index is 462. The maximum atomic E-state index is 15.2. The molecule has 0 saturated carbocycles. The highest BCUT2D eigenvalue weighted by molar-refractivity contribution is 6.74. The van der Waals surface area contributed by atoms with Gasteiger partial charge in [-0.1, -0.05) is 32.4 Å². The minimum atomic E-state index is -2.85. The summed E-state index contributed by atoms with van der Waals surface area (Å²) in [5.74, 6) is -2.05. The Kier molecular flexibility index (Phi) is 6.54. The lowest BCUT2D eigenvalue weighted by molar-refractivity contribution is -0.173. The standard InChI is InChI=1S/C16H30ClFO5Si/c1-9-20-13(19)16(17,18)12(11-10-21-15(5,6)22-11)23-24(7,8)14(2,3)4/h11-12H,9-10H2,1-8H3/t11-,12?,16?/m1/s1. The van der Waals surface area contributed by atoms with E-state index in [4.69, 9.17) is 30.2 Å². The lowest BCUT2D eigenvalue weighted by Gasteiger charge is -2.42. The summed E-state index contributed by atoms with van der Waals surface area (Å²) in [5, 5.41) is -3.04. The van der Waals surface area contributed by atoms with Crippen molar-refractivity contribution >= 4 is 25.9 Å². The van der Waals surface area contributed by atoms with Crippen LogP contribution in [0.5, 0.6) is 0 Å². The number of carbonyl (C=O) groups is 1. The molecular weight excluding hydrogens is 355 g/mol. The van der Waals surface area contributed by atoms with Gasteiger partial charge in [-0.3, -0.25) is 0 Å². The number of carbonyl (C=O) groups excluding carboxylic acids is 1. The third kappa shape index (κ3) is 4.91. The molecule has 142 valence electrons. The molecular formula is C16H30ClFO5Si. The molecule has 1 saturated heterocycles. The molecule has 2 unspecified atom stereocenters. The molecule has 5 nitrogen and oxygen atoms in total. The Hall–Kier alpha value is -0.213. The fraction of sp³-hybridized carbons (Fsp3) is 0.938. The van der Waals surface area contributed by atoms with Gasteiger partial charge in [-0.15, -0.1) is 0 Å². The van der Waals surface area contributed by atoms with E-state index in [-0.39, 0.29) is 18.3 Å². The van der Waals surface area contributed by atoms with E-state index in [9.17, 15) is 4.79 Å². The Morgan fingerprint density at radius 1 is 1.42 bits per heavy atom. The molecule has 0 aromatic heterocycles. The second-order valence-corrected chi connectivity index (χ2v) is 13.3. The van der Waals surface area contributed by atoms with Gasteiger partial charge in [0.1, 0.15) is 12.2 Å². The number of halogens is 2. The SMILES string of the molecule is CCOC(=O)C(F)(Cl)C(O[Si](C)(C)C(C)(C)C)[C@H]1COC(C)(C)O1. The van der Waals surface area contributed by atoms with E-state index in [1.807, 2.05) is 33.9 Å². The Balaban J connectivity index is 3.15. The van der Waals surface area contributed by atoms with Gasteiger partial charge in [-0.25, -0.2) is 9.18 Å². The van der Waals surface area contributed by atoms with Crippen molar-refractivity contribution in [2.75, 3.05) is 13.2 Å². The van der Waals surface area contributed by atoms with E-state index in [0.717, 1.165) is 0 Å². The molecule has 1 aliphatic rings. The van der Waals surface area contributed by atoms with Crippen LogP contribution in [0.25, 0.3) is 0 Å². The maximum Gasteiger partial charge on any atom is 0.362 e. The highest BCUT2D eigenvalue weighted by Crippen LogP contribution is 2.42. The van der Waals surface area contributed by atoms with Crippen LogP contribution in [-0.4, -0.2) is 50.6 Å². The fourth-order valence-electron chi connectivity index (χ4n) is 2.09. The van der Waals surface area contributed by atoms with Gasteiger partial charge in [-0.05, 0) is 38.9 Å². The van der Waals surface area contributed by atoms with Crippen LogP contribution in [-0.2, 0) is 23.4 Å². The molecule has 0 radical (unpaired) electrons. The molecule has 8 heteroatoms. The van der Waals surface area contributed by atoms with Crippen LogP contribution in [0.1, 0.15) is 41.5 Å². The van der Waals surface area contributed by atoms with E-state index >= 15 is 4.39 Å². The van der Waals surface area contributed by atoms with Gasteiger partial charge in [0.2, 0.25) is 0 Å². The summed E-state index contributed by atoms with van der Waals surface area (Å²) in [4.78, 5) is 12.1. The third-order valence-electron chi connectivity index (χ3n) is 4.50. The highest BCUT2D eigenvalue weighted by Gasteiger charge is 2.57. The predicted molar refractivity (Wildman–Crippen MR) is 93.3 cm³/mol. The van der Waals surface area contributed by atoms with Crippen LogP contribution in [0.15, 0.2) is 0 Å². The van der Waals surface area contributed by atoms with Gasteiger partial charge >= 0.3 is 11.1 Å². The van der Waals surface area contributed by atoms with Crippen molar-refractivity contribution in [2.24, 2.45) is 0 Å². The van der Waals surface area contributed by atoms with Crippen molar-refractivity contribution in [3.63, 3.8) is 0 Å². The normalized spacial score (nSPS) is 25.2. The second kappa shape index (κ2) is 7.19. The summed E-state index contributed by atoms with van der Waals surface area (Å²) in [6.07, 6.45) is -2.12. The Labute approximate surface area is 150 Å². The monoisotopic (exact) mass is 384 g/mol. The maximum absolute atomic E-state index is 15.2. The smallest absolute Gasteiger partial charge is 0.362 e. The zero-order valence-electron chi connectivity index (χ0n) is 15.9. The zero-order valence-corrected chi connectivity index (χ0v) is 17.6. The quantitative estimate of drug-likeness (QED) is 0.393. The van der Waals surface area contributed by atoms with Crippen molar-refractivity contribution in [1.29, 1.82) is 0 Å². The van der Waals surface area contributed by atoms with Crippen LogP contribution < -0.4 is 0 Å². The molecule has 0 aromatic carbocycles. The van der Waals surface area contributed by atoms with Crippen molar-refractivity contribution in [1.82, 2.24) is 0 Å². The second-order valence-electron chi connectivity index (χ2n) is 8.01. The van der Waals surface area contributed by atoms with Crippen LogP contribution >= 0.6 is 11.6 Å². The largest absolute Gasteiger partial charge is 0.463 e. The van der Waals surface area contributed by atoms with Crippen LogP contribution in [0.4, 0.5) is 4.39 Å². The molecule has 1 aliphatic heterocycles. The molecule has 0 aliphatic carbocycles. The minimum absolute atomic E-state index is 0.0253. The van der Waals surface area contributed by atoms with Gasteiger partial charge in [0.05, 0.1) is 13.2 Å². The first-order valence-electron chi connectivity index (χ1n) is 8.18. The van der Waals surface area contributed by atoms with E-state index in [1.165, 1.54) is 0 Å². The first-order chi connectivity index (χ1) is 10.6. The average Bonchev–Trinajstić information content (AvgIpc) is 2.74. The predicted octanol–water partition coefficient (Wildman–Crippen LogP) is 4.00. The first kappa shape index (κ1) is 21.8. The van der Waals surface area contributed by atoms with Crippen LogP contribution in [0, 0.1) is 0 Å². The Morgan fingerprint density at radius 3 is 2.33 bits per heavy atom. The lowest BCUT2D eigenvalue weighted by atomic mass is 10.1. The van der Waals surface area contributed by atoms with Crippen LogP contribution in [0.2, 0.25) is 18.1 Å². The highest BCUT2D eigenvalue weighted by atomic mass is 35.5. The minimum Gasteiger partial charge on any atom is -0.463 e. The molecule has 0 aromatic rings. The Morgan fingerprint density at radius 2 is 1.96 bits per heavy atom. The van der Waals surface area contributed by atoms with Gasteiger partial charge in [0.15, 0.2) is 14.1 Å². The number of alkyl halides is 2. The van der Waals surface area contributed by atoms with Gasteiger partial charge < -0.3 is 18.6 Å². The van der Waals surface area contributed by atoms with Crippen molar-refractivity contribution < 1.29 is 27.8 Å². The van der Waals surface area contributed by atoms with E-state index < -0.39 is 37.4 Å². The first-order valence-corrected chi connectivity index (χ1v) is 11.5. The molecule has 0 bridgehead atoms. The summed E-state index contributed by atoms with van der Waals surface area (Å²) < 4.78 is 37.4. The molecule has 1 heterocycles. The van der Waals surface area contributed by atoms with Gasteiger partial charge in [-0.2, -0.15) is 0 Å². The summed E-state index contributed by atoms with van der Waals surface area (Å²) >= 11 is 5.98. The third-order valence-corrected chi connectivity index (χ3v) is 9.33. The van der Waals surface area contributed by atoms with E-state index in [0.29, 0.717) is 0 Å². The fourth-order valence-corrected chi connectivity index (χ4v) is 3.70. The summed E-state index contributed by atoms with van der Waals surface area (Å²) in [5.41, 5.74) is 0. The number of hydrogen-bond donors (Lipinski definition) is 0. The average molecular weight is 385 g/mol. The molecule has 1 fully saturated rings. The topological polar surface area (TPSA) is 54.0 Å². The molecule has 0 N–H and O–H groups in total. The number of esters is 1. The lowest BCUT2D eigenvalue weighted by Crippen LogP contribution is -2.57. The molecule has 0 spiro atoms. The van der Waals surface area contributed by atoms with Gasteiger partial charge in [0.25, 0.3) is 0 Å². The zero-order chi connectivity index (χ0) is 19.0. The van der Waals surface area contributed by atoms with E-state index in [1.54, 1.807) is 20.8 Å².